The van der Waals surface area contributed by atoms with Crippen molar-refractivity contribution in [2.45, 2.75) is 32.7 Å². The maximum absolute atomic E-state index is 5.98. The molecule has 2 aromatic rings. The van der Waals surface area contributed by atoms with Gasteiger partial charge in [-0.2, -0.15) is 0 Å². The van der Waals surface area contributed by atoms with E-state index in [-0.39, 0.29) is 6.04 Å². The molecule has 0 saturated carbocycles. The van der Waals surface area contributed by atoms with Crippen molar-refractivity contribution in [2.24, 2.45) is 5.73 Å². The van der Waals surface area contributed by atoms with Crippen LogP contribution in [0.5, 0.6) is 11.5 Å². The first kappa shape index (κ1) is 13.6. The van der Waals surface area contributed by atoms with Crippen molar-refractivity contribution in [3.63, 3.8) is 0 Å². The van der Waals surface area contributed by atoms with Gasteiger partial charge in [0.2, 0.25) is 0 Å². The Balaban J connectivity index is 2.29. The molecule has 1 atom stereocenters. The van der Waals surface area contributed by atoms with Gasteiger partial charge in [0.05, 0.1) is 0 Å². The van der Waals surface area contributed by atoms with Crippen LogP contribution in [0, 0.1) is 0 Å². The van der Waals surface area contributed by atoms with E-state index < -0.39 is 0 Å². The third-order valence-corrected chi connectivity index (χ3v) is 3.16. The van der Waals surface area contributed by atoms with Crippen molar-refractivity contribution < 1.29 is 4.74 Å². The first-order valence-electron chi connectivity index (χ1n) is 6.70. The fourth-order valence-electron chi connectivity index (χ4n) is 2.01. The molecule has 0 fully saturated rings. The number of rotatable bonds is 4. The summed E-state index contributed by atoms with van der Waals surface area (Å²) >= 11 is 0. The molecule has 0 aromatic heterocycles. The van der Waals surface area contributed by atoms with E-state index in [0.29, 0.717) is 5.92 Å². The molecule has 19 heavy (non-hydrogen) atoms. The molecule has 2 rings (SSSR count). The quantitative estimate of drug-likeness (QED) is 0.865. The molecule has 0 bridgehead atoms. The maximum atomic E-state index is 5.98. The molecule has 2 aromatic carbocycles. The van der Waals surface area contributed by atoms with E-state index >= 15 is 0 Å². The smallest absolute Gasteiger partial charge is 0.132 e. The number of ether oxygens (including phenoxy) is 1. The first-order valence-corrected chi connectivity index (χ1v) is 6.70. The zero-order valence-electron chi connectivity index (χ0n) is 11.8. The second kappa shape index (κ2) is 5.89. The van der Waals surface area contributed by atoms with E-state index in [4.69, 9.17) is 10.5 Å². The average molecular weight is 255 g/mol. The Morgan fingerprint density at radius 1 is 0.947 bits per heavy atom. The molecule has 0 radical (unpaired) electrons. The highest BCUT2D eigenvalue weighted by atomic mass is 16.5. The summed E-state index contributed by atoms with van der Waals surface area (Å²) in [6.07, 6.45) is 0. The molecule has 2 nitrogen and oxygen atoms in total. The predicted molar refractivity (Wildman–Crippen MR) is 79.6 cm³/mol. The van der Waals surface area contributed by atoms with Gasteiger partial charge in [0.25, 0.3) is 0 Å². The Morgan fingerprint density at radius 2 is 1.68 bits per heavy atom. The van der Waals surface area contributed by atoms with E-state index in [9.17, 15) is 0 Å². The van der Waals surface area contributed by atoms with Gasteiger partial charge < -0.3 is 10.5 Å². The van der Waals surface area contributed by atoms with Crippen LogP contribution in [0.15, 0.2) is 48.5 Å². The number of hydrogen-bond acceptors (Lipinski definition) is 2. The molecule has 0 amide bonds. The highest BCUT2D eigenvalue weighted by molar-refractivity contribution is 5.40. The summed E-state index contributed by atoms with van der Waals surface area (Å²) < 4.78 is 5.98. The lowest BCUT2D eigenvalue weighted by atomic mass is 10.0. The van der Waals surface area contributed by atoms with Crippen LogP contribution in [0.3, 0.4) is 0 Å². The van der Waals surface area contributed by atoms with Gasteiger partial charge in [0.15, 0.2) is 0 Å². The normalized spacial score (nSPS) is 12.5. The Bertz CT molecular complexity index is 546. The second-order valence-corrected chi connectivity index (χ2v) is 5.16. The fourth-order valence-corrected chi connectivity index (χ4v) is 2.01. The van der Waals surface area contributed by atoms with Crippen LogP contribution in [-0.4, -0.2) is 0 Å². The van der Waals surface area contributed by atoms with Crippen LogP contribution >= 0.6 is 0 Å². The molecular weight excluding hydrogens is 234 g/mol. The summed E-state index contributed by atoms with van der Waals surface area (Å²) in [5.74, 6) is 2.19. The van der Waals surface area contributed by atoms with E-state index in [1.165, 1.54) is 5.56 Å². The van der Waals surface area contributed by atoms with Gasteiger partial charge in [0, 0.05) is 11.6 Å². The van der Waals surface area contributed by atoms with E-state index in [1.807, 2.05) is 43.3 Å². The van der Waals surface area contributed by atoms with Crippen molar-refractivity contribution in [1.82, 2.24) is 0 Å². The minimum atomic E-state index is -0.0375. The minimum Gasteiger partial charge on any atom is -0.457 e. The first-order chi connectivity index (χ1) is 9.08. The van der Waals surface area contributed by atoms with Crippen LogP contribution < -0.4 is 10.5 Å². The molecule has 0 saturated heterocycles. The lowest BCUT2D eigenvalue weighted by Gasteiger charge is -2.14. The van der Waals surface area contributed by atoms with Crippen molar-refractivity contribution in [3.05, 3.63) is 59.7 Å². The Labute approximate surface area is 115 Å². The average Bonchev–Trinajstić information content (AvgIpc) is 2.39. The molecule has 0 aliphatic rings. The summed E-state index contributed by atoms with van der Waals surface area (Å²) in [7, 11) is 0. The van der Waals surface area contributed by atoms with Crippen LogP contribution in [0.4, 0.5) is 0 Å². The summed E-state index contributed by atoms with van der Waals surface area (Å²) in [5, 5.41) is 0. The third kappa shape index (κ3) is 3.36. The summed E-state index contributed by atoms with van der Waals surface area (Å²) in [6, 6.07) is 16.1. The van der Waals surface area contributed by atoms with Gasteiger partial charge in [0.1, 0.15) is 11.5 Å². The van der Waals surface area contributed by atoms with Crippen molar-refractivity contribution in [1.29, 1.82) is 0 Å². The van der Waals surface area contributed by atoms with Crippen molar-refractivity contribution in [3.8, 4) is 11.5 Å². The number of para-hydroxylation sites is 1. The fraction of sp³-hybridized carbons (Fsp3) is 0.294. The molecule has 100 valence electrons. The molecule has 2 heteroatoms. The monoisotopic (exact) mass is 255 g/mol. The SMILES string of the molecule is CC(C)c1cccc(Oc2ccccc2[C@@H](C)N)c1. The zero-order chi connectivity index (χ0) is 13.8. The summed E-state index contributed by atoms with van der Waals surface area (Å²) in [4.78, 5) is 0. The van der Waals surface area contributed by atoms with Gasteiger partial charge in [-0.05, 0) is 36.6 Å². The molecule has 0 unspecified atom stereocenters. The second-order valence-electron chi connectivity index (χ2n) is 5.16. The molecular formula is C17H21NO. The molecule has 0 spiro atoms. The van der Waals surface area contributed by atoms with E-state index in [0.717, 1.165) is 17.1 Å². The van der Waals surface area contributed by atoms with Crippen LogP contribution in [0.1, 0.15) is 43.9 Å². The van der Waals surface area contributed by atoms with Crippen LogP contribution in [0.25, 0.3) is 0 Å². The van der Waals surface area contributed by atoms with Gasteiger partial charge >= 0.3 is 0 Å². The Morgan fingerprint density at radius 3 is 2.37 bits per heavy atom. The number of hydrogen-bond donors (Lipinski definition) is 1. The molecule has 0 aliphatic carbocycles. The van der Waals surface area contributed by atoms with Gasteiger partial charge in [-0.25, -0.2) is 0 Å². The Hall–Kier alpha value is -1.80. The van der Waals surface area contributed by atoms with Gasteiger partial charge in [-0.3, -0.25) is 0 Å². The molecule has 0 aliphatic heterocycles. The summed E-state index contributed by atoms with van der Waals surface area (Å²) in [6.45, 7) is 6.32. The van der Waals surface area contributed by atoms with Crippen molar-refractivity contribution >= 4 is 0 Å². The minimum absolute atomic E-state index is 0.0375. The largest absolute Gasteiger partial charge is 0.457 e. The zero-order valence-corrected chi connectivity index (χ0v) is 11.8. The maximum Gasteiger partial charge on any atom is 0.132 e. The number of benzene rings is 2. The highest BCUT2D eigenvalue weighted by Crippen LogP contribution is 2.30. The van der Waals surface area contributed by atoms with Crippen LogP contribution in [0.2, 0.25) is 0 Å². The van der Waals surface area contributed by atoms with Gasteiger partial charge in [-0.1, -0.05) is 44.2 Å². The topological polar surface area (TPSA) is 35.2 Å². The standard InChI is InChI=1S/C17H21NO/c1-12(2)14-7-6-8-15(11-14)19-17-10-5-4-9-16(17)13(3)18/h4-13H,18H2,1-3H3/t13-/m1/s1. The van der Waals surface area contributed by atoms with Gasteiger partial charge in [-0.15, -0.1) is 0 Å². The van der Waals surface area contributed by atoms with E-state index in [2.05, 4.69) is 26.0 Å². The van der Waals surface area contributed by atoms with Crippen molar-refractivity contribution in [2.75, 3.05) is 0 Å². The Kier molecular flexibility index (Phi) is 4.23. The highest BCUT2D eigenvalue weighted by Gasteiger charge is 2.08. The lowest BCUT2D eigenvalue weighted by molar-refractivity contribution is 0.471. The van der Waals surface area contributed by atoms with Crippen LogP contribution in [-0.2, 0) is 0 Å². The van der Waals surface area contributed by atoms with E-state index in [1.54, 1.807) is 0 Å². The predicted octanol–water partition coefficient (Wildman–Crippen LogP) is 4.62. The molecule has 0 heterocycles. The summed E-state index contributed by atoms with van der Waals surface area (Å²) in [5.41, 5.74) is 8.27. The third-order valence-electron chi connectivity index (χ3n) is 3.16. The lowest BCUT2D eigenvalue weighted by Crippen LogP contribution is -2.06. The molecule has 2 N–H and O–H groups in total. The number of nitrogens with two attached hydrogens (primary N) is 1.